The second-order valence-corrected chi connectivity index (χ2v) is 0.815. The first-order valence-corrected chi connectivity index (χ1v) is 1.40. The molecule has 0 bridgehead atoms. The molecular weight excluding hydrogens is 155 g/mol. The van der Waals surface area contributed by atoms with Crippen molar-refractivity contribution in [3.8, 4) is 0 Å². The topological polar surface area (TPSA) is 44.7 Å². The maximum atomic E-state index is 9.69. The zero-order valence-corrected chi connectivity index (χ0v) is 6.61. The van der Waals surface area contributed by atoms with E-state index in [4.69, 9.17) is 0 Å². The fourth-order valence-electron chi connectivity index (χ4n) is 0. The number of hydrogen-bond acceptors (Lipinski definition) is 1. The van der Waals surface area contributed by atoms with Crippen molar-refractivity contribution in [2.24, 2.45) is 0 Å². The zero-order chi connectivity index (χ0) is 4.28. The average Bonchev–Trinajstić information content (AvgIpc) is 1.38. The summed E-state index contributed by atoms with van der Waals surface area (Å²) in [5.74, 6) is 0.0185. The van der Waals surface area contributed by atoms with E-state index in [2.05, 4.69) is 5.73 Å². The molecule has 0 unspecified atom stereocenters. The van der Waals surface area contributed by atoms with Crippen molar-refractivity contribution in [1.82, 2.24) is 0 Å². The van der Waals surface area contributed by atoms with Crippen molar-refractivity contribution in [1.29, 1.82) is 0 Å². The SMILES string of the molecule is CC(=O)[CH-][NH3+].[Y]. The molecule has 0 spiro atoms. The minimum Gasteiger partial charge on any atom is -0.466 e. The van der Waals surface area contributed by atoms with Crippen LogP contribution in [0.3, 0.4) is 0 Å². The van der Waals surface area contributed by atoms with Gasteiger partial charge in [-0.1, -0.05) is 0 Å². The minimum atomic E-state index is 0. The van der Waals surface area contributed by atoms with Crippen LogP contribution in [-0.2, 0) is 37.5 Å². The van der Waals surface area contributed by atoms with Crippen LogP contribution in [0.2, 0.25) is 0 Å². The quantitative estimate of drug-likeness (QED) is 0.492. The van der Waals surface area contributed by atoms with Gasteiger partial charge in [-0.15, -0.1) is 6.54 Å². The van der Waals surface area contributed by atoms with Gasteiger partial charge in [0.2, 0.25) is 0 Å². The summed E-state index contributed by atoms with van der Waals surface area (Å²) >= 11 is 0. The predicted octanol–water partition coefficient (Wildman–Crippen LogP) is -1.02. The molecule has 0 aliphatic carbocycles. The van der Waals surface area contributed by atoms with E-state index in [0.717, 1.165) is 0 Å². The molecule has 0 saturated heterocycles. The summed E-state index contributed by atoms with van der Waals surface area (Å²) in [5, 5.41) is 0. The van der Waals surface area contributed by atoms with Gasteiger partial charge in [-0.2, -0.15) is 0 Å². The second kappa shape index (κ2) is 5.60. The molecule has 0 aliphatic heterocycles. The fourth-order valence-corrected chi connectivity index (χ4v) is 0. The Bertz CT molecular complexity index is 46.1. The molecule has 0 fully saturated rings. The fraction of sp³-hybridized carbons (Fsp3) is 0.333. The van der Waals surface area contributed by atoms with Crippen LogP contribution < -0.4 is 5.73 Å². The Morgan fingerprint density at radius 3 is 2.00 bits per heavy atom. The van der Waals surface area contributed by atoms with Gasteiger partial charge in [0.15, 0.2) is 0 Å². The molecule has 0 atom stereocenters. The predicted molar refractivity (Wildman–Crippen MR) is 17.9 cm³/mol. The van der Waals surface area contributed by atoms with Gasteiger partial charge in [-0.05, 0) is 6.92 Å². The largest absolute Gasteiger partial charge is 0.466 e. The van der Waals surface area contributed by atoms with E-state index in [0.29, 0.717) is 0 Å². The summed E-state index contributed by atoms with van der Waals surface area (Å²) < 4.78 is 0. The molecule has 1 radical (unpaired) electrons. The Kier molecular flexibility index (Phi) is 9.14. The number of ketones is 1. The normalized spacial score (nSPS) is 5.67. The molecular formula is C3H7NOY. The van der Waals surface area contributed by atoms with Crippen molar-refractivity contribution < 1.29 is 43.2 Å². The third-order valence-corrected chi connectivity index (χ3v) is 0.287. The molecule has 6 heavy (non-hydrogen) atoms. The standard InChI is InChI=1S/C3H7NO.Y/c1-3(5)2-4;/h2H,1,4H3;. The van der Waals surface area contributed by atoms with E-state index in [9.17, 15) is 4.79 Å². The first kappa shape index (κ1) is 9.78. The molecule has 33 valence electrons. The summed E-state index contributed by atoms with van der Waals surface area (Å²) in [5.41, 5.74) is 3.21. The number of carbonyl (C=O) groups excluding carboxylic acids is 1. The van der Waals surface area contributed by atoms with Gasteiger partial charge in [0.05, 0.1) is 0 Å². The van der Waals surface area contributed by atoms with Crippen LogP contribution in [0.15, 0.2) is 0 Å². The van der Waals surface area contributed by atoms with Crippen LogP contribution in [-0.4, -0.2) is 5.78 Å². The molecule has 0 aromatic rings. The van der Waals surface area contributed by atoms with Gasteiger partial charge < -0.3 is 10.5 Å². The van der Waals surface area contributed by atoms with E-state index in [1.807, 2.05) is 0 Å². The Hall–Kier alpha value is 0.604. The summed E-state index contributed by atoms with van der Waals surface area (Å²) in [7, 11) is 0. The Labute approximate surface area is 62.4 Å². The Morgan fingerprint density at radius 2 is 2.00 bits per heavy atom. The van der Waals surface area contributed by atoms with Crippen LogP contribution in [0, 0.1) is 6.54 Å². The van der Waals surface area contributed by atoms with Crippen molar-refractivity contribution in [2.45, 2.75) is 6.92 Å². The van der Waals surface area contributed by atoms with Crippen LogP contribution >= 0.6 is 0 Å². The van der Waals surface area contributed by atoms with E-state index in [1.165, 1.54) is 13.5 Å². The Morgan fingerprint density at radius 1 is 1.83 bits per heavy atom. The van der Waals surface area contributed by atoms with Gasteiger partial charge in [0.1, 0.15) is 0 Å². The third kappa shape index (κ3) is 8.82. The van der Waals surface area contributed by atoms with E-state index >= 15 is 0 Å². The smallest absolute Gasteiger partial charge is 0.0475 e. The summed E-state index contributed by atoms with van der Waals surface area (Å²) in [6.45, 7) is 2.74. The number of quaternary nitrogens is 1. The number of Topliss-reactive ketones (excluding diaryl/α,β-unsaturated/α-hetero) is 1. The van der Waals surface area contributed by atoms with E-state index in [1.54, 1.807) is 0 Å². The summed E-state index contributed by atoms with van der Waals surface area (Å²) in [6.07, 6.45) is 0. The maximum Gasteiger partial charge on any atom is 0.0475 e. The van der Waals surface area contributed by atoms with Crippen molar-refractivity contribution in [3.63, 3.8) is 0 Å². The first-order chi connectivity index (χ1) is 2.27. The average molecular weight is 162 g/mol. The Balaban J connectivity index is 0. The van der Waals surface area contributed by atoms with Gasteiger partial charge in [0, 0.05) is 38.5 Å². The molecule has 3 heteroatoms. The zero-order valence-electron chi connectivity index (χ0n) is 3.77. The van der Waals surface area contributed by atoms with Gasteiger partial charge in [-0.3, -0.25) is 0 Å². The maximum absolute atomic E-state index is 9.69. The third-order valence-electron chi connectivity index (χ3n) is 0.287. The van der Waals surface area contributed by atoms with E-state index < -0.39 is 0 Å². The molecule has 0 aromatic carbocycles. The molecule has 0 rings (SSSR count). The van der Waals surface area contributed by atoms with Crippen LogP contribution in [0.4, 0.5) is 0 Å². The van der Waals surface area contributed by atoms with Crippen molar-refractivity contribution in [2.75, 3.05) is 0 Å². The van der Waals surface area contributed by atoms with Crippen LogP contribution in [0.25, 0.3) is 0 Å². The summed E-state index contributed by atoms with van der Waals surface area (Å²) in [4.78, 5) is 9.69. The molecule has 2 nitrogen and oxygen atoms in total. The monoisotopic (exact) mass is 162 g/mol. The molecule has 0 amide bonds. The van der Waals surface area contributed by atoms with Gasteiger partial charge in [0.25, 0.3) is 0 Å². The number of hydrogen-bond donors (Lipinski definition) is 1. The molecule has 0 aliphatic rings. The molecule has 0 heterocycles. The number of carbonyl (C=O) groups is 1. The number of rotatable bonds is 1. The molecule has 0 aromatic heterocycles. The van der Waals surface area contributed by atoms with Crippen molar-refractivity contribution in [3.05, 3.63) is 6.54 Å². The van der Waals surface area contributed by atoms with Crippen LogP contribution in [0.1, 0.15) is 6.92 Å². The van der Waals surface area contributed by atoms with Crippen LogP contribution in [0.5, 0.6) is 0 Å². The minimum absolute atomic E-state index is 0. The second-order valence-electron chi connectivity index (χ2n) is 0.815. The van der Waals surface area contributed by atoms with Gasteiger partial charge >= 0.3 is 0 Å². The first-order valence-electron chi connectivity index (χ1n) is 1.40. The summed E-state index contributed by atoms with van der Waals surface area (Å²) in [6, 6.07) is 0. The molecule has 3 N–H and O–H groups in total. The van der Waals surface area contributed by atoms with Gasteiger partial charge in [-0.25, -0.2) is 0 Å². The van der Waals surface area contributed by atoms with E-state index in [-0.39, 0.29) is 38.5 Å². The molecule has 0 saturated carbocycles. The van der Waals surface area contributed by atoms with Crippen molar-refractivity contribution >= 4 is 5.78 Å².